The van der Waals surface area contributed by atoms with Gasteiger partial charge in [0.25, 0.3) is 0 Å². The highest BCUT2D eigenvalue weighted by molar-refractivity contribution is 5.42. The molecule has 8 nitrogen and oxygen atoms in total. The number of nitrogen functional groups attached to an aromatic ring is 2. The summed E-state index contributed by atoms with van der Waals surface area (Å²) in [4.78, 5) is 12.5. The van der Waals surface area contributed by atoms with Crippen LogP contribution in [0.5, 0.6) is 0 Å². The van der Waals surface area contributed by atoms with E-state index in [1.165, 1.54) is 32.6 Å². The minimum Gasteiger partial charge on any atom is -0.371 e. The lowest BCUT2D eigenvalue weighted by Crippen LogP contribution is -2.56. The molecule has 0 amide bonds. The summed E-state index contributed by atoms with van der Waals surface area (Å²) in [6, 6.07) is 0. The third-order valence-electron chi connectivity index (χ3n) is 1.95. The lowest BCUT2D eigenvalue weighted by atomic mass is 10.1. The van der Waals surface area contributed by atoms with Gasteiger partial charge in [-0.25, -0.2) is 0 Å². The summed E-state index contributed by atoms with van der Waals surface area (Å²) in [5.41, 5.74) is 8.12. The van der Waals surface area contributed by atoms with Crippen molar-refractivity contribution in [3.05, 3.63) is 0 Å². The van der Waals surface area contributed by atoms with E-state index in [0.29, 0.717) is 0 Å². The van der Waals surface area contributed by atoms with Gasteiger partial charge in [-0.2, -0.15) is 15.0 Å². The molecule has 0 saturated carbocycles. The van der Waals surface area contributed by atoms with Gasteiger partial charge in [-0.3, -0.25) is 4.90 Å². The highest BCUT2D eigenvalue weighted by atomic mass is 16.3. The predicted molar refractivity (Wildman–Crippen MR) is 63.7 cm³/mol. The quantitative estimate of drug-likeness (QED) is 0.511. The van der Waals surface area contributed by atoms with E-state index in [1.807, 2.05) is 0 Å². The highest BCUT2D eigenvalue weighted by Crippen LogP contribution is 2.27. The maximum Gasteiger partial charge on any atom is 0.236 e. The van der Waals surface area contributed by atoms with Gasteiger partial charge < -0.3 is 21.7 Å². The molecule has 1 aromatic rings. The first-order chi connectivity index (χ1) is 7.51. The first-order valence-corrected chi connectivity index (χ1v) is 5.04. The molecule has 0 atom stereocenters. The maximum absolute atomic E-state index is 10.0. The molecule has 0 bridgehead atoms. The zero-order valence-corrected chi connectivity index (χ0v) is 10.3. The van der Waals surface area contributed by atoms with E-state index in [4.69, 9.17) is 11.5 Å². The van der Waals surface area contributed by atoms with Crippen LogP contribution in [0.3, 0.4) is 0 Å². The van der Waals surface area contributed by atoms with E-state index in [1.54, 1.807) is 0 Å². The number of nitrogens with zero attached hydrogens (tertiary/aromatic N) is 4. The van der Waals surface area contributed by atoms with Crippen LogP contribution < -0.4 is 16.4 Å². The Morgan fingerprint density at radius 2 is 1.24 bits per heavy atom. The number of aliphatic hydroxyl groups is 2. The maximum atomic E-state index is 10.0. The molecule has 0 aliphatic carbocycles. The first kappa shape index (κ1) is 13.4. The molecule has 1 heterocycles. The highest BCUT2D eigenvalue weighted by Gasteiger charge is 2.37. The van der Waals surface area contributed by atoms with E-state index in [0.717, 1.165) is 0 Å². The van der Waals surface area contributed by atoms with Crippen molar-refractivity contribution in [2.75, 3.05) is 16.4 Å². The first-order valence-electron chi connectivity index (χ1n) is 5.04. The summed E-state index contributed by atoms with van der Waals surface area (Å²) >= 11 is 0. The molecular formula is C9H18N6O2. The average molecular weight is 242 g/mol. The summed E-state index contributed by atoms with van der Waals surface area (Å²) in [6.07, 6.45) is 0. The van der Waals surface area contributed by atoms with Crippen LogP contribution in [-0.4, -0.2) is 36.6 Å². The number of rotatable bonds is 3. The zero-order chi connectivity index (χ0) is 13.4. The molecule has 17 heavy (non-hydrogen) atoms. The Kier molecular flexibility index (Phi) is 3.13. The molecule has 0 aliphatic heterocycles. The number of hydrogen-bond donors (Lipinski definition) is 4. The molecule has 1 aromatic heterocycles. The van der Waals surface area contributed by atoms with Gasteiger partial charge in [0.1, 0.15) is 11.4 Å². The van der Waals surface area contributed by atoms with E-state index >= 15 is 0 Å². The molecule has 8 heteroatoms. The second-order valence-corrected chi connectivity index (χ2v) is 4.68. The zero-order valence-electron chi connectivity index (χ0n) is 10.3. The van der Waals surface area contributed by atoms with Gasteiger partial charge in [-0.1, -0.05) is 0 Å². The van der Waals surface area contributed by atoms with Crippen LogP contribution in [-0.2, 0) is 0 Å². The molecular weight excluding hydrogens is 224 g/mol. The van der Waals surface area contributed by atoms with E-state index in [9.17, 15) is 10.2 Å². The standard InChI is InChI=1S/C9H18N6O2/c1-8(2,16)15(9(3,4)17)7-13-5(10)12-6(11)14-7/h16-17H,1-4H3,(H4,10,11,12,13,14). The Labute approximate surface area is 99.3 Å². The molecule has 96 valence electrons. The summed E-state index contributed by atoms with van der Waals surface area (Å²) < 4.78 is 0. The Bertz CT molecular complexity index is 375. The number of nitrogens with two attached hydrogens (primary N) is 2. The molecule has 0 unspecified atom stereocenters. The van der Waals surface area contributed by atoms with Crippen LogP contribution in [0.15, 0.2) is 0 Å². The fourth-order valence-corrected chi connectivity index (χ4v) is 1.66. The van der Waals surface area contributed by atoms with Gasteiger partial charge >= 0.3 is 0 Å². The van der Waals surface area contributed by atoms with Gasteiger partial charge in [-0.15, -0.1) is 0 Å². The summed E-state index contributed by atoms with van der Waals surface area (Å²) in [5.74, 6) is -0.146. The van der Waals surface area contributed by atoms with Gasteiger partial charge in [0.15, 0.2) is 0 Å². The Morgan fingerprint density at radius 3 is 1.53 bits per heavy atom. The molecule has 0 saturated heterocycles. The van der Waals surface area contributed by atoms with Crippen molar-refractivity contribution in [1.82, 2.24) is 15.0 Å². The third-order valence-corrected chi connectivity index (χ3v) is 1.95. The van der Waals surface area contributed by atoms with Gasteiger partial charge in [-0.05, 0) is 27.7 Å². The SMILES string of the molecule is CC(C)(O)N(c1nc(N)nc(N)n1)C(C)(C)O. The van der Waals surface area contributed by atoms with Crippen molar-refractivity contribution in [2.24, 2.45) is 0 Å². The van der Waals surface area contributed by atoms with E-state index in [2.05, 4.69) is 15.0 Å². The van der Waals surface area contributed by atoms with Crippen molar-refractivity contribution in [3.63, 3.8) is 0 Å². The lowest BCUT2D eigenvalue weighted by molar-refractivity contribution is -0.0219. The molecule has 1 rings (SSSR count). The van der Waals surface area contributed by atoms with Crippen molar-refractivity contribution in [1.29, 1.82) is 0 Å². The smallest absolute Gasteiger partial charge is 0.236 e. The predicted octanol–water partition coefficient (Wildman–Crippen LogP) is -0.701. The second kappa shape index (κ2) is 3.97. The Morgan fingerprint density at radius 1 is 0.882 bits per heavy atom. The van der Waals surface area contributed by atoms with Crippen molar-refractivity contribution in [2.45, 2.75) is 39.1 Å². The fourth-order valence-electron chi connectivity index (χ4n) is 1.66. The van der Waals surface area contributed by atoms with Crippen LogP contribution in [0, 0.1) is 0 Å². The van der Waals surface area contributed by atoms with Crippen LogP contribution in [0.25, 0.3) is 0 Å². The van der Waals surface area contributed by atoms with Crippen LogP contribution in [0.1, 0.15) is 27.7 Å². The summed E-state index contributed by atoms with van der Waals surface area (Å²) in [7, 11) is 0. The Balaban J connectivity index is 3.33. The summed E-state index contributed by atoms with van der Waals surface area (Å²) in [5, 5.41) is 20.1. The van der Waals surface area contributed by atoms with Crippen molar-refractivity contribution >= 4 is 17.8 Å². The van der Waals surface area contributed by atoms with Crippen LogP contribution in [0.2, 0.25) is 0 Å². The van der Waals surface area contributed by atoms with Crippen LogP contribution in [0.4, 0.5) is 17.8 Å². The largest absolute Gasteiger partial charge is 0.371 e. The van der Waals surface area contributed by atoms with Gasteiger partial charge in [0.2, 0.25) is 17.8 Å². The van der Waals surface area contributed by atoms with Crippen molar-refractivity contribution in [3.8, 4) is 0 Å². The normalized spacial score (nSPS) is 12.6. The molecule has 0 fully saturated rings. The number of aromatic nitrogens is 3. The number of hydrogen-bond acceptors (Lipinski definition) is 8. The minimum atomic E-state index is -1.39. The molecule has 6 N–H and O–H groups in total. The van der Waals surface area contributed by atoms with E-state index in [-0.39, 0.29) is 17.8 Å². The fraction of sp³-hybridized carbons (Fsp3) is 0.667. The molecule has 0 aliphatic rings. The topological polar surface area (TPSA) is 134 Å². The number of anilines is 3. The average Bonchev–Trinajstić information content (AvgIpc) is 1.93. The monoisotopic (exact) mass is 242 g/mol. The van der Waals surface area contributed by atoms with Gasteiger partial charge in [0.05, 0.1) is 0 Å². The second-order valence-electron chi connectivity index (χ2n) is 4.68. The van der Waals surface area contributed by atoms with Crippen LogP contribution >= 0.6 is 0 Å². The molecule has 0 radical (unpaired) electrons. The van der Waals surface area contributed by atoms with Gasteiger partial charge in [0, 0.05) is 0 Å². The summed E-state index contributed by atoms with van der Waals surface area (Å²) in [6.45, 7) is 5.95. The lowest BCUT2D eigenvalue weighted by Gasteiger charge is -2.42. The van der Waals surface area contributed by atoms with Crippen molar-refractivity contribution < 1.29 is 10.2 Å². The minimum absolute atomic E-state index is 0.00926. The molecule has 0 spiro atoms. The molecule has 0 aromatic carbocycles. The van der Waals surface area contributed by atoms with E-state index < -0.39 is 11.4 Å². The third kappa shape index (κ3) is 3.14. The Hall–Kier alpha value is -1.67.